The largest absolute Gasteiger partial charge is 0.497 e. The number of ether oxygens (including phenoxy) is 2. The molecule has 0 bridgehead atoms. The first kappa shape index (κ1) is 17.3. The van der Waals surface area contributed by atoms with Crippen LogP contribution in [0.4, 0.5) is 5.82 Å². The Bertz CT molecular complexity index is 980. The molecule has 0 aliphatic carbocycles. The third-order valence-corrected chi connectivity index (χ3v) is 5.57. The molecular weight excluding hydrogens is 354 g/mol. The van der Waals surface area contributed by atoms with Crippen molar-refractivity contribution in [2.45, 2.75) is 12.8 Å². The predicted octanol–water partition coefficient (Wildman–Crippen LogP) is 1.94. The van der Waals surface area contributed by atoms with E-state index in [-0.39, 0.29) is 0 Å². The summed E-state index contributed by atoms with van der Waals surface area (Å²) in [6.07, 6.45) is 3.81. The van der Waals surface area contributed by atoms with Crippen molar-refractivity contribution < 1.29 is 9.47 Å². The van der Waals surface area contributed by atoms with Gasteiger partial charge < -0.3 is 19.7 Å². The highest BCUT2D eigenvalue weighted by molar-refractivity contribution is 5.59. The van der Waals surface area contributed by atoms with Gasteiger partial charge in [-0.2, -0.15) is 9.61 Å². The smallest absolute Gasteiger partial charge is 0.157 e. The second kappa shape index (κ2) is 7.31. The molecule has 0 radical (unpaired) electrons. The summed E-state index contributed by atoms with van der Waals surface area (Å²) in [6, 6.07) is 9.78. The average Bonchev–Trinajstić information content (AvgIpc) is 3.03. The highest BCUT2D eigenvalue weighted by Gasteiger charge is 2.32. The number of aromatic nitrogens is 3. The molecule has 0 unspecified atom stereocenters. The van der Waals surface area contributed by atoms with Gasteiger partial charge in [0.05, 0.1) is 25.6 Å². The molecular formula is C21H25N5O2. The first-order valence-corrected chi connectivity index (χ1v) is 9.90. The Kier molecular flexibility index (Phi) is 4.52. The number of nitrogens with one attached hydrogen (secondary N) is 1. The van der Waals surface area contributed by atoms with Gasteiger partial charge >= 0.3 is 0 Å². The SMILES string of the molecule is COc1cccc(OCC2CN(c3c4c(nc5ccnn35)CCNCC4)C2)c1. The van der Waals surface area contributed by atoms with Crippen molar-refractivity contribution in [1.29, 1.82) is 0 Å². The number of rotatable bonds is 5. The van der Waals surface area contributed by atoms with Crippen LogP contribution in [0.25, 0.3) is 5.65 Å². The van der Waals surface area contributed by atoms with Gasteiger partial charge in [-0.25, -0.2) is 4.98 Å². The van der Waals surface area contributed by atoms with Gasteiger partial charge in [0.1, 0.15) is 17.3 Å². The Balaban J connectivity index is 1.31. The van der Waals surface area contributed by atoms with Crippen molar-refractivity contribution in [3.8, 4) is 11.5 Å². The van der Waals surface area contributed by atoms with Crippen LogP contribution in [0.5, 0.6) is 11.5 Å². The van der Waals surface area contributed by atoms with Gasteiger partial charge in [-0.1, -0.05) is 6.07 Å². The normalized spacial score (nSPS) is 17.1. The van der Waals surface area contributed by atoms with Crippen molar-refractivity contribution in [2.24, 2.45) is 5.92 Å². The van der Waals surface area contributed by atoms with Crippen LogP contribution in [-0.4, -0.2) is 54.5 Å². The number of benzene rings is 1. The van der Waals surface area contributed by atoms with Crippen LogP contribution in [0.1, 0.15) is 11.3 Å². The maximum atomic E-state index is 5.99. The zero-order chi connectivity index (χ0) is 18.9. The van der Waals surface area contributed by atoms with Crippen molar-refractivity contribution >= 4 is 11.5 Å². The minimum absolute atomic E-state index is 0.504. The number of anilines is 1. The van der Waals surface area contributed by atoms with Crippen LogP contribution in [-0.2, 0) is 12.8 Å². The summed E-state index contributed by atoms with van der Waals surface area (Å²) in [5.74, 6) is 3.40. The number of fused-ring (bicyclic) bond motifs is 2. The quantitative estimate of drug-likeness (QED) is 0.731. The van der Waals surface area contributed by atoms with E-state index >= 15 is 0 Å². The van der Waals surface area contributed by atoms with Crippen LogP contribution in [0, 0.1) is 5.92 Å². The van der Waals surface area contributed by atoms with E-state index < -0.39 is 0 Å². The molecule has 1 fully saturated rings. The topological polar surface area (TPSA) is 63.9 Å². The van der Waals surface area contributed by atoms with Crippen LogP contribution < -0.4 is 19.7 Å². The summed E-state index contributed by atoms with van der Waals surface area (Å²) in [6.45, 7) is 4.64. The molecule has 146 valence electrons. The second-order valence-electron chi connectivity index (χ2n) is 7.47. The summed E-state index contributed by atoms with van der Waals surface area (Å²) in [5, 5.41) is 8.03. The van der Waals surface area contributed by atoms with Crippen molar-refractivity contribution in [1.82, 2.24) is 19.9 Å². The van der Waals surface area contributed by atoms with Gasteiger partial charge in [0.2, 0.25) is 0 Å². The van der Waals surface area contributed by atoms with E-state index in [0.29, 0.717) is 12.5 Å². The maximum absolute atomic E-state index is 5.99. The van der Waals surface area contributed by atoms with Crippen molar-refractivity contribution in [3.05, 3.63) is 47.8 Å². The number of hydrogen-bond acceptors (Lipinski definition) is 6. The molecule has 2 aliphatic rings. The molecule has 4 heterocycles. The summed E-state index contributed by atoms with van der Waals surface area (Å²) in [7, 11) is 1.67. The molecule has 0 saturated carbocycles. The Hall–Kier alpha value is -2.80. The lowest BCUT2D eigenvalue weighted by Crippen LogP contribution is -2.50. The first-order chi connectivity index (χ1) is 13.8. The van der Waals surface area contributed by atoms with Gasteiger partial charge in [0, 0.05) is 49.7 Å². The standard InChI is InChI=1S/C21H25N5O2/c1-27-16-3-2-4-17(11-16)28-14-15-12-25(13-15)21-18-5-8-22-9-6-19(18)24-20-7-10-23-26(20)21/h2-4,7,10-11,15,22H,5-6,8-9,12-14H2,1H3. The monoisotopic (exact) mass is 379 g/mol. The van der Waals surface area contributed by atoms with Crippen LogP contribution in [0.15, 0.2) is 36.5 Å². The van der Waals surface area contributed by atoms with E-state index in [4.69, 9.17) is 14.5 Å². The van der Waals surface area contributed by atoms with Crippen LogP contribution >= 0.6 is 0 Å². The summed E-state index contributed by atoms with van der Waals surface area (Å²) in [4.78, 5) is 7.27. The van der Waals surface area contributed by atoms with Crippen molar-refractivity contribution in [3.63, 3.8) is 0 Å². The Morgan fingerprint density at radius 2 is 2.00 bits per heavy atom. The Morgan fingerprint density at radius 1 is 1.14 bits per heavy atom. The molecule has 1 saturated heterocycles. The van der Waals surface area contributed by atoms with E-state index in [9.17, 15) is 0 Å². The fraction of sp³-hybridized carbons (Fsp3) is 0.429. The Morgan fingerprint density at radius 3 is 2.89 bits per heavy atom. The van der Waals surface area contributed by atoms with E-state index in [0.717, 1.165) is 56.2 Å². The third kappa shape index (κ3) is 3.16. The van der Waals surface area contributed by atoms with Gasteiger partial charge in [-0.15, -0.1) is 0 Å². The second-order valence-corrected chi connectivity index (χ2v) is 7.47. The van der Waals surface area contributed by atoms with Gasteiger partial charge in [-0.3, -0.25) is 0 Å². The molecule has 28 heavy (non-hydrogen) atoms. The fourth-order valence-corrected chi connectivity index (χ4v) is 4.09. The molecule has 1 N–H and O–H groups in total. The highest BCUT2D eigenvalue weighted by Crippen LogP contribution is 2.31. The zero-order valence-electron chi connectivity index (χ0n) is 16.1. The molecule has 1 aromatic carbocycles. The maximum Gasteiger partial charge on any atom is 0.157 e. The Labute approximate surface area is 164 Å². The molecule has 7 nitrogen and oxygen atoms in total. The number of nitrogens with zero attached hydrogens (tertiary/aromatic N) is 4. The lowest BCUT2D eigenvalue weighted by atomic mass is 9.99. The number of methoxy groups -OCH3 is 1. The lowest BCUT2D eigenvalue weighted by molar-refractivity contribution is 0.219. The fourth-order valence-electron chi connectivity index (χ4n) is 4.09. The number of hydrogen-bond donors (Lipinski definition) is 1. The van der Waals surface area contributed by atoms with Crippen LogP contribution in [0.3, 0.4) is 0 Å². The molecule has 2 aromatic heterocycles. The molecule has 0 amide bonds. The van der Waals surface area contributed by atoms with E-state index in [2.05, 4.69) is 15.3 Å². The van der Waals surface area contributed by atoms with Gasteiger partial charge in [-0.05, 0) is 25.1 Å². The van der Waals surface area contributed by atoms with Gasteiger partial charge in [0.25, 0.3) is 0 Å². The molecule has 7 heteroatoms. The molecule has 0 spiro atoms. The third-order valence-electron chi connectivity index (χ3n) is 5.57. The molecule has 0 atom stereocenters. The zero-order valence-corrected chi connectivity index (χ0v) is 16.1. The molecule has 3 aromatic rings. The van der Waals surface area contributed by atoms with Crippen molar-refractivity contribution in [2.75, 3.05) is 44.8 Å². The molecule has 2 aliphatic heterocycles. The predicted molar refractivity (Wildman–Crippen MR) is 107 cm³/mol. The van der Waals surface area contributed by atoms with E-state index in [1.165, 1.54) is 17.1 Å². The minimum atomic E-state index is 0.504. The van der Waals surface area contributed by atoms with Gasteiger partial charge in [0.15, 0.2) is 5.65 Å². The minimum Gasteiger partial charge on any atom is -0.497 e. The summed E-state index contributed by atoms with van der Waals surface area (Å²) in [5.41, 5.74) is 3.49. The van der Waals surface area contributed by atoms with Crippen LogP contribution in [0.2, 0.25) is 0 Å². The molecule has 5 rings (SSSR count). The first-order valence-electron chi connectivity index (χ1n) is 9.90. The highest BCUT2D eigenvalue weighted by atomic mass is 16.5. The summed E-state index contributed by atoms with van der Waals surface area (Å²) < 4.78 is 13.3. The summed E-state index contributed by atoms with van der Waals surface area (Å²) >= 11 is 0. The van der Waals surface area contributed by atoms with E-state index in [1.807, 2.05) is 41.0 Å². The lowest BCUT2D eigenvalue weighted by Gasteiger charge is -2.41. The van der Waals surface area contributed by atoms with E-state index in [1.54, 1.807) is 7.11 Å². The average molecular weight is 379 g/mol.